The molecule has 1 fully saturated rings. The van der Waals surface area contributed by atoms with Crippen molar-refractivity contribution in [3.63, 3.8) is 0 Å². The molecule has 0 amide bonds. The van der Waals surface area contributed by atoms with Crippen LogP contribution in [0.5, 0.6) is 0 Å². The number of carbonyl (C=O) groups is 1. The number of hydrogen-bond acceptors (Lipinski definition) is 3. The van der Waals surface area contributed by atoms with E-state index in [9.17, 15) is 4.79 Å². The highest BCUT2D eigenvalue weighted by Gasteiger charge is 2.31. The number of rotatable bonds is 2. The summed E-state index contributed by atoms with van der Waals surface area (Å²) in [5.41, 5.74) is 3.44. The van der Waals surface area contributed by atoms with Gasteiger partial charge in [0, 0.05) is 13.1 Å². The molecule has 3 N–H and O–H groups in total. The molecule has 1 aliphatic heterocycles. The van der Waals surface area contributed by atoms with Gasteiger partial charge >= 0.3 is 5.97 Å². The van der Waals surface area contributed by atoms with Gasteiger partial charge in [-0.25, -0.2) is 0 Å². The van der Waals surface area contributed by atoms with E-state index in [0.29, 0.717) is 0 Å². The average Bonchev–Trinajstić information content (AvgIpc) is 2.48. The van der Waals surface area contributed by atoms with E-state index < -0.39 is 0 Å². The summed E-state index contributed by atoms with van der Waals surface area (Å²) in [6.07, 6.45) is 0.907. The smallest absolute Gasteiger partial charge is 0.310 e. The van der Waals surface area contributed by atoms with Gasteiger partial charge in [0.05, 0.1) is 5.92 Å². The highest BCUT2D eigenvalue weighted by Crippen LogP contribution is 2.19. The molecular weight excluding hydrogens is 180 g/mol. The third kappa shape index (κ3) is 3.27. The predicted octanol–water partition coefficient (Wildman–Crippen LogP) is -0.151. The molecule has 1 rings (SSSR count). The lowest BCUT2D eigenvalue weighted by molar-refractivity contribution is -0.399. The Morgan fingerprint density at radius 2 is 2.21 bits per heavy atom. The summed E-state index contributed by atoms with van der Waals surface area (Å²) in [7, 11) is 0. The van der Waals surface area contributed by atoms with Crippen LogP contribution in [0.1, 0.15) is 27.2 Å². The third-order valence-corrected chi connectivity index (χ3v) is 2.33. The van der Waals surface area contributed by atoms with Crippen molar-refractivity contribution in [2.75, 3.05) is 19.8 Å². The summed E-state index contributed by atoms with van der Waals surface area (Å²) in [5, 5.41) is 0. The lowest BCUT2D eigenvalue weighted by Gasteiger charge is -2.21. The molecular formula is C10H21N2O2+. The van der Waals surface area contributed by atoms with Crippen LogP contribution in [0.15, 0.2) is 0 Å². The Morgan fingerprint density at radius 3 is 2.64 bits per heavy atom. The number of carbonyl (C=O) groups excluding carboxylic acids is 1. The molecule has 4 nitrogen and oxygen atoms in total. The zero-order valence-corrected chi connectivity index (χ0v) is 9.38. The maximum atomic E-state index is 11.7. The fraction of sp³-hybridized carbons (Fsp3) is 0.900. The van der Waals surface area contributed by atoms with Crippen molar-refractivity contribution in [2.45, 2.75) is 32.8 Å². The van der Waals surface area contributed by atoms with Crippen LogP contribution >= 0.6 is 0 Å². The van der Waals surface area contributed by atoms with E-state index in [1.54, 1.807) is 0 Å². The summed E-state index contributed by atoms with van der Waals surface area (Å²) >= 11 is 0. The minimum atomic E-state index is -0.366. The molecule has 0 spiro atoms. The first-order valence-corrected chi connectivity index (χ1v) is 5.17. The molecule has 0 aromatic rings. The second kappa shape index (κ2) is 4.28. The van der Waals surface area contributed by atoms with E-state index in [-0.39, 0.29) is 17.5 Å². The normalized spacial score (nSPS) is 23.9. The highest BCUT2D eigenvalue weighted by molar-refractivity contribution is 5.73. The monoisotopic (exact) mass is 201 g/mol. The Bertz CT molecular complexity index is 211. The maximum Gasteiger partial charge on any atom is 0.310 e. The minimum Gasteiger partial charge on any atom is -0.460 e. The molecule has 1 saturated heterocycles. The lowest BCUT2D eigenvalue weighted by atomic mass is 10.1. The molecule has 0 radical (unpaired) electrons. The summed E-state index contributed by atoms with van der Waals surface area (Å²) in [4.78, 5) is 13.8. The maximum absolute atomic E-state index is 11.7. The SMILES string of the molecule is CC(C)(C)OC(=O)[C@H]1CCN(C[NH3+])C1. The van der Waals surface area contributed by atoms with Crippen molar-refractivity contribution in [1.82, 2.24) is 4.90 Å². The van der Waals surface area contributed by atoms with Gasteiger partial charge in [-0.3, -0.25) is 9.69 Å². The topological polar surface area (TPSA) is 57.2 Å². The van der Waals surface area contributed by atoms with Gasteiger partial charge in [-0.05, 0) is 27.2 Å². The second-order valence-electron chi connectivity index (χ2n) is 4.82. The zero-order valence-electron chi connectivity index (χ0n) is 9.38. The molecule has 0 unspecified atom stereocenters. The standard InChI is InChI=1S/C10H20N2O2/c1-10(2,3)14-9(13)8-4-5-12(6-8)7-11/h8H,4-7,11H2,1-3H3/p+1/t8-/m0/s1. The van der Waals surface area contributed by atoms with Crippen LogP contribution in [0.4, 0.5) is 0 Å². The van der Waals surface area contributed by atoms with Gasteiger partial charge < -0.3 is 10.5 Å². The zero-order chi connectivity index (χ0) is 10.8. The van der Waals surface area contributed by atoms with Crippen molar-refractivity contribution < 1.29 is 15.3 Å². The number of hydrogen-bond donors (Lipinski definition) is 1. The molecule has 0 saturated carbocycles. The van der Waals surface area contributed by atoms with E-state index in [4.69, 9.17) is 4.74 Å². The van der Waals surface area contributed by atoms with Gasteiger partial charge in [-0.2, -0.15) is 0 Å². The fourth-order valence-corrected chi connectivity index (χ4v) is 1.61. The van der Waals surface area contributed by atoms with E-state index in [1.165, 1.54) is 0 Å². The molecule has 0 aromatic carbocycles. The van der Waals surface area contributed by atoms with Crippen LogP contribution < -0.4 is 5.73 Å². The van der Waals surface area contributed by atoms with Crippen molar-refractivity contribution >= 4 is 5.97 Å². The average molecular weight is 201 g/mol. The number of nitrogens with zero attached hydrogens (tertiary/aromatic N) is 1. The van der Waals surface area contributed by atoms with Gasteiger partial charge in [0.1, 0.15) is 12.3 Å². The molecule has 0 aliphatic carbocycles. The van der Waals surface area contributed by atoms with Gasteiger partial charge in [0.25, 0.3) is 0 Å². The number of quaternary nitrogens is 1. The van der Waals surface area contributed by atoms with Crippen LogP contribution in [-0.2, 0) is 9.53 Å². The number of ether oxygens (including phenoxy) is 1. The van der Waals surface area contributed by atoms with Gasteiger partial charge in [0.2, 0.25) is 0 Å². The first-order chi connectivity index (χ1) is 6.42. The summed E-state index contributed by atoms with van der Waals surface area (Å²) < 4.78 is 5.33. The van der Waals surface area contributed by atoms with Gasteiger partial charge in [-0.15, -0.1) is 0 Å². The van der Waals surface area contributed by atoms with E-state index in [1.807, 2.05) is 20.8 Å². The largest absolute Gasteiger partial charge is 0.460 e. The van der Waals surface area contributed by atoms with Crippen molar-refractivity contribution in [3.8, 4) is 0 Å². The molecule has 1 heterocycles. The van der Waals surface area contributed by atoms with E-state index in [0.717, 1.165) is 26.2 Å². The summed E-state index contributed by atoms with van der Waals surface area (Å²) in [6, 6.07) is 0. The Balaban J connectivity index is 2.40. The Hall–Kier alpha value is -0.610. The lowest BCUT2D eigenvalue weighted by Crippen LogP contribution is -2.58. The van der Waals surface area contributed by atoms with Gasteiger partial charge in [-0.1, -0.05) is 0 Å². The summed E-state index contributed by atoms with van der Waals surface area (Å²) in [6.45, 7) is 8.25. The van der Waals surface area contributed by atoms with Crippen LogP contribution in [0, 0.1) is 5.92 Å². The van der Waals surface area contributed by atoms with E-state index >= 15 is 0 Å². The van der Waals surface area contributed by atoms with Crippen molar-refractivity contribution in [3.05, 3.63) is 0 Å². The molecule has 82 valence electrons. The molecule has 14 heavy (non-hydrogen) atoms. The quantitative estimate of drug-likeness (QED) is 0.632. The molecule has 0 aromatic heterocycles. The fourth-order valence-electron chi connectivity index (χ4n) is 1.61. The van der Waals surface area contributed by atoms with Crippen LogP contribution in [0.2, 0.25) is 0 Å². The molecule has 0 bridgehead atoms. The number of esters is 1. The van der Waals surface area contributed by atoms with Crippen LogP contribution in [-0.4, -0.2) is 36.2 Å². The molecule has 1 aliphatic rings. The third-order valence-electron chi connectivity index (χ3n) is 2.33. The Kier molecular flexibility index (Phi) is 3.50. The Labute approximate surface area is 85.4 Å². The van der Waals surface area contributed by atoms with Gasteiger partial charge in [0.15, 0.2) is 0 Å². The Morgan fingerprint density at radius 1 is 1.57 bits per heavy atom. The van der Waals surface area contributed by atoms with Crippen LogP contribution in [0.3, 0.4) is 0 Å². The first-order valence-electron chi connectivity index (χ1n) is 5.17. The summed E-state index contributed by atoms with van der Waals surface area (Å²) in [5.74, 6) is -0.00979. The number of likely N-dealkylation sites (tertiary alicyclic amines) is 1. The second-order valence-corrected chi connectivity index (χ2v) is 4.82. The van der Waals surface area contributed by atoms with Crippen molar-refractivity contribution in [1.29, 1.82) is 0 Å². The first kappa shape index (κ1) is 11.5. The highest BCUT2D eigenvalue weighted by atomic mass is 16.6. The minimum absolute atomic E-state index is 0.0518. The molecule has 1 atom stereocenters. The van der Waals surface area contributed by atoms with E-state index in [2.05, 4.69) is 10.6 Å². The molecule has 4 heteroatoms. The predicted molar refractivity (Wildman–Crippen MR) is 53.3 cm³/mol. The van der Waals surface area contributed by atoms with Crippen LogP contribution in [0.25, 0.3) is 0 Å². The van der Waals surface area contributed by atoms with Crippen molar-refractivity contribution in [2.24, 2.45) is 5.92 Å².